The van der Waals surface area contributed by atoms with Gasteiger partial charge in [0, 0.05) is 11.9 Å². The molecule has 0 fully saturated rings. The Bertz CT molecular complexity index is 678. The molecule has 0 aromatic carbocycles. The van der Waals surface area contributed by atoms with Gasteiger partial charge in [-0.05, 0) is 25.0 Å². The van der Waals surface area contributed by atoms with Crippen molar-refractivity contribution in [1.29, 1.82) is 0 Å². The molecule has 6 heteroatoms. The molecule has 0 aliphatic carbocycles. The van der Waals surface area contributed by atoms with Gasteiger partial charge in [-0.15, -0.1) is 0 Å². The lowest BCUT2D eigenvalue weighted by molar-refractivity contribution is -0.140. The maximum Gasteiger partial charge on any atom is 0.326 e. The van der Waals surface area contributed by atoms with Crippen LogP contribution in [0.1, 0.15) is 36.5 Å². The monoisotopic (exact) mass is 289 g/mol. The van der Waals surface area contributed by atoms with Gasteiger partial charge in [-0.1, -0.05) is 26.3 Å². The van der Waals surface area contributed by atoms with E-state index in [2.05, 4.69) is 10.3 Å². The third-order valence-corrected chi connectivity index (χ3v) is 3.69. The number of hydrogen-bond acceptors (Lipinski definition) is 3. The Morgan fingerprint density at radius 1 is 1.43 bits per heavy atom. The van der Waals surface area contributed by atoms with E-state index in [0.717, 1.165) is 5.69 Å². The first-order valence-electron chi connectivity index (χ1n) is 6.92. The number of fused-ring (bicyclic) bond motifs is 1. The van der Waals surface area contributed by atoms with E-state index in [1.807, 2.05) is 26.0 Å². The Labute approximate surface area is 122 Å². The van der Waals surface area contributed by atoms with Crippen LogP contribution in [0, 0.1) is 12.8 Å². The van der Waals surface area contributed by atoms with Crippen LogP contribution in [-0.2, 0) is 4.79 Å². The molecule has 2 aromatic heterocycles. The topological polar surface area (TPSA) is 83.7 Å². The van der Waals surface area contributed by atoms with Crippen molar-refractivity contribution in [3.05, 3.63) is 35.8 Å². The van der Waals surface area contributed by atoms with Gasteiger partial charge in [0.2, 0.25) is 0 Å². The van der Waals surface area contributed by atoms with E-state index in [1.165, 1.54) is 0 Å². The zero-order chi connectivity index (χ0) is 15.6. The molecule has 0 aliphatic rings. The molecule has 0 aliphatic heterocycles. The third kappa shape index (κ3) is 3.04. The lowest BCUT2D eigenvalue weighted by Crippen LogP contribution is -2.45. The smallest absolute Gasteiger partial charge is 0.326 e. The quantitative estimate of drug-likeness (QED) is 0.880. The summed E-state index contributed by atoms with van der Waals surface area (Å²) >= 11 is 0. The fraction of sp³-hybridized carbons (Fsp3) is 0.400. The second kappa shape index (κ2) is 5.95. The highest BCUT2D eigenvalue weighted by molar-refractivity contribution is 5.95. The van der Waals surface area contributed by atoms with Gasteiger partial charge in [0.15, 0.2) is 0 Å². The van der Waals surface area contributed by atoms with Crippen molar-refractivity contribution in [3.8, 4) is 0 Å². The van der Waals surface area contributed by atoms with Crippen LogP contribution < -0.4 is 5.32 Å². The van der Waals surface area contributed by atoms with E-state index in [4.69, 9.17) is 0 Å². The van der Waals surface area contributed by atoms with E-state index >= 15 is 0 Å². The average Bonchev–Trinajstić information content (AvgIpc) is 2.89. The maximum absolute atomic E-state index is 12.2. The Kier molecular flexibility index (Phi) is 4.26. The zero-order valence-electron chi connectivity index (χ0n) is 12.3. The van der Waals surface area contributed by atoms with Gasteiger partial charge in [-0.3, -0.25) is 4.79 Å². The highest BCUT2D eigenvalue weighted by Crippen LogP contribution is 2.11. The average molecular weight is 289 g/mol. The largest absolute Gasteiger partial charge is 0.480 e. The molecule has 1 amide bonds. The Morgan fingerprint density at radius 2 is 2.14 bits per heavy atom. The van der Waals surface area contributed by atoms with E-state index in [1.54, 1.807) is 23.6 Å². The standard InChI is InChI=1S/C15H19N3O3/c1-4-9(2)13(15(20)21)17-14(19)11-8-18-10(3)6-5-7-12(18)16-11/h5-9,13H,4H2,1-3H3,(H,17,19)(H,20,21). The van der Waals surface area contributed by atoms with Gasteiger partial charge in [0.1, 0.15) is 17.4 Å². The van der Waals surface area contributed by atoms with Crippen LogP contribution in [0.2, 0.25) is 0 Å². The molecule has 2 aromatic rings. The van der Waals surface area contributed by atoms with Gasteiger partial charge < -0.3 is 14.8 Å². The first-order valence-corrected chi connectivity index (χ1v) is 6.92. The first-order chi connectivity index (χ1) is 9.93. The van der Waals surface area contributed by atoms with Crippen LogP contribution in [0.4, 0.5) is 0 Å². The van der Waals surface area contributed by atoms with Crippen molar-refractivity contribution < 1.29 is 14.7 Å². The highest BCUT2D eigenvalue weighted by Gasteiger charge is 2.26. The second-order valence-corrected chi connectivity index (χ2v) is 5.20. The van der Waals surface area contributed by atoms with Gasteiger partial charge in [-0.2, -0.15) is 0 Å². The predicted octanol–water partition coefficient (Wildman–Crippen LogP) is 1.87. The van der Waals surface area contributed by atoms with Gasteiger partial charge in [-0.25, -0.2) is 9.78 Å². The van der Waals surface area contributed by atoms with Crippen LogP contribution in [-0.4, -0.2) is 32.4 Å². The van der Waals surface area contributed by atoms with Gasteiger partial charge >= 0.3 is 5.97 Å². The third-order valence-electron chi connectivity index (χ3n) is 3.69. The van der Waals surface area contributed by atoms with Crippen LogP contribution in [0.3, 0.4) is 0 Å². The number of rotatable bonds is 5. The van der Waals surface area contributed by atoms with Crippen molar-refractivity contribution in [2.75, 3.05) is 0 Å². The van der Waals surface area contributed by atoms with E-state index in [0.29, 0.717) is 12.1 Å². The number of carbonyl (C=O) groups is 2. The number of carbonyl (C=O) groups excluding carboxylic acids is 1. The minimum atomic E-state index is -1.03. The summed E-state index contributed by atoms with van der Waals surface area (Å²) in [6, 6.07) is 4.66. The van der Waals surface area contributed by atoms with Crippen molar-refractivity contribution >= 4 is 17.5 Å². The number of carboxylic acids is 1. The number of imidazole rings is 1. The van der Waals surface area contributed by atoms with Crippen molar-refractivity contribution in [3.63, 3.8) is 0 Å². The van der Waals surface area contributed by atoms with E-state index in [9.17, 15) is 14.7 Å². The molecule has 2 unspecified atom stereocenters. The molecule has 0 saturated heterocycles. The fourth-order valence-corrected chi connectivity index (χ4v) is 2.16. The molecular formula is C15H19N3O3. The molecular weight excluding hydrogens is 270 g/mol. The molecule has 2 atom stereocenters. The SMILES string of the molecule is CCC(C)C(NC(=O)c1cn2c(C)cccc2n1)C(=O)O. The molecule has 112 valence electrons. The number of hydrogen-bond donors (Lipinski definition) is 2. The van der Waals surface area contributed by atoms with Crippen molar-refractivity contribution in [1.82, 2.24) is 14.7 Å². The minimum Gasteiger partial charge on any atom is -0.480 e. The van der Waals surface area contributed by atoms with E-state index < -0.39 is 17.9 Å². The van der Waals surface area contributed by atoms with Gasteiger partial charge in [0.05, 0.1) is 0 Å². The summed E-state index contributed by atoms with van der Waals surface area (Å²) in [6.07, 6.45) is 2.29. The molecule has 0 spiro atoms. The molecule has 2 rings (SSSR count). The molecule has 0 bridgehead atoms. The van der Waals surface area contributed by atoms with Crippen molar-refractivity contribution in [2.45, 2.75) is 33.2 Å². The molecule has 6 nitrogen and oxygen atoms in total. The number of pyridine rings is 1. The predicted molar refractivity (Wildman–Crippen MR) is 78.3 cm³/mol. The number of aryl methyl sites for hydroxylation is 1. The summed E-state index contributed by atoms with van der Waals surface area (Å²) in [5.74, 6) is -1.64. The van der Waals surface area contributed by atoms with Crippen LogP contribution in [0.5, 0.6) is 0 Å². The molecule has 0 radical (unpaired) electrons. The van der Waals surface area contributed by atoms with Crippen LogP contribution in [0.15, 0.2) is 24.4 Å². The highest BCUT2D eigenvalue weighted by atomic mass is 16.4. The molecule has 0 saturated carbocycles. The molecule has 21 heavy (non-hydrogen) atoms. The summed E-state index contributed by atoms with van der Waals surface area (Å²) in [7, 11) is 0. The van der Waals surface area contributed by atoms with Crippen LogP contribution in [0.25, 0.3) is 5.65 Å². The molecule has 2 heterocycles. The maximum atomic E-state index is 12.2. The second-order valence-electron chi connectivity index (χ2n) is 5.20. The summed E-state index contributed by atoms with van der Waals surface area (Å²) in [5, 5.41) is 11.8. The number of carboxylic acid groups (broad SMARTS) is 1. The minimum absolute atomic E-state index is 0.148. The number of nitrogens with zero attached hydrogens (tertiary/aromatic N) is 2. The zero-order valence-corrected chi connectivity index (χ0v) is 12.3. The Balaban J connectivity index is 2.25. The van der Waals surface area contributed by atoms with Crippen molar-refractivity contribution in [2.24, 2.45) is 5.92 Å². The number of aliphatic carboxylic acids is 1. The fourth-order valence-electron chi connectivity index (χ4n) is 2.16. The lowest BCUT2D eigenvalue weighted by Gasteiger charge is -2.19. The lowest BCUT2D eigenvalue weighted by atomic mass is 9.99. The summed E-state index contributed by atoms with van der Waals surface area (Å²) in [6.45, 7) is 5.60. The molecule has 2 N–H and O–H groups in total. The van der Waals surface area contributed by atoms with Gasteiger partial charge in [0.25, 0.3) is 5.91 Å². The Morgan fingerprint density at radius 3 is 2.71 bits per heavy atom. The summed E-state index contributed by atoms with van der Waals surface area (Å²) < 4.78 is 1.80. The first kappa shape index (κ1) is 15.0. The summed E-state index contributed by atoms with van der Waals surface area (Å²) in [5.41, 5.74) is 1.84. The number of aromatic nitrogens is 2. The number of amides is 1. The Hall–Kier alpha value is -2.37. The number of nitrogens with one attached hydrogen (secondary N) is 1. The van der Waals surface area contributed by atoms with E-state index in [-0.39, 0.29) is 11.6 Å². The summed E-state index contributed by atoms with van der Waals surface area (Å²) in [4.78, 5) is 27.7. The normalized spacial score (nSPS) is 13.9. The van der Waals surface area contributed by atoms with Crippen LogP contribution >= 0.6 is 0 Å².